The van der Waals surface area contributed by atoms with Crippen molar-refractivity contribution in [3.8, 4) is 0 Å². The summed E-state index contributed by atoms with van der Waals surface area (Å²) < 4.78 is 1.76. The van der Waals surface area contributed by atoms with E-state index in [1.165, 1.54) is 5.56 Å². The topological polar surface area (TPSA) is 62.5 Å². The zero-order valence-electron chi connectivity index (χ0n) is 10.9. The molecule has 0 bridgehead atoms. The number of pyridine rings is 1. The maximum Gasteiger partial charge on any atom is 0.243 e. The van der Waals surface area contributed by atoms with Crippen LogP contribution in [0.5, 0.6) is 0 Å². The highest BCUT2D eigenvalue weighted by atomic mass is 16.3. The Hall–Kier alpha value is -1.62. The highest BCUT2D eigenvalue weighted by molar-refractivity contribution is 5.46. The van der Waals surface area contributed by atoms with Crippen LogP contribution in [0.1, 0.15) is 25.8 Å². The van der Waals surface area contributed by atoms with Gasteiger partial charge in [0.05, 0.1) is 6.10 Å². The minimum absolute atomic E-state index is 0.118. The Balaban J connectivity index is 1.84. The minimum Gasteiger partial charge on any atom is -0.392 e. The van der Waals surface area contributed by atoms with Gasteiger partial charge in [0.25, 0.3) is 0 Å². The number of nitrogens with one attached hydrogen (secondary N) is 1. The van der Waals surface area contributed by atoms with E-state index < -0.39 is 0 Å². The van der Waals surface area contributed by atoms with Crippen LogP contribution in [0.15, 0.2) is 18.3 Å². The van der Waals surface area contributed by atoms with E-state index in [0.29, 0.717) is 5.95 Å². The monoisotopic (exact) mass is 246 g/mol. The first-order valence-electron chi connectivity index (χ1n) is 6.24. The fourth-order valence-corrected chi connectivity index (χ4v) is 2.35. The molecule has 0 aromatic carbocycles. The van der Waals surface area contributed by atoms with Gasteiger partial charge in [0.2, 0.25) is 5.95 Å². The van der Waals surface area contributed by atoms with Crippen LogP contribution >= 0.6 is 0 Å². The van der Waals surface area contributed by atoms with Gasteiger partial charge in [-0.15, -0.1) is 5.10 Å². The Morgan fingerprint density at radius 2 is 2.28 bits per heavy atom. The third-order valence-electron chi connectivity index (χ3n) is 4.01. The van der Waals surface area contributed by atoms with Crippen molar-refractivity contribution >= 4 is 11.6 Å². The van der Waals surface area contributed by atoms with Crippen LogP contribution in [-0.2, 0) is 0 Å². The molecule has 1 fully saturated rings. The maximum absolute atomic E-state index is 9.71. The number of aliphatic hydroxyl groups is 1. The van der Waals surface area contributed by atoms with Crippen LogP contribution in [-0.4, -0.2) is 31.9 Å². The van der Waals surface area contributed by atoms with Crippen LogP contribution < -0.4 is 5.32 Å². The second-order valence-electron chi connectivity index (χ2n) is 5.71. The van der Waals surface area contributed by atoms with Crippen molar-refractivity contribution < 1.29 is 5.11 Å². The third-order valence-corrected chi connectivity index (χ3v) is 4.01. The molecule has 2 atom stereocenters. The minimum atomic E-state index is -0.241. The number of aliphatic hydroxyl groups excluding tert-OH is 1. The van der Waals surface area contributed by atoms with Gasteiger partial charge in [0, 0.05) is 17.7 Å². The predicted molar refractivity (Wildman–Crippen MR) is 69.5 cm³/mol. The average molecular weight is 246 g/mol. The van der Waals surface area contributed by atoms with Crippen molar-refractivity contribution in [1.29, 1.82) is 0 Å². The Labute approximate surface area is 106 Å². The maximum atomic E-state index is 9.71. The number of aryl methyl sites for hydroxylation is 1. The van der Waals surface area contributed by atoms with E-state index in [4.69, 9.17) is 0 Å². The van der Waals surface area contributed by atoms with Crippen molar-refractivity contribution in [2.45, 2.75) is 39.3 Å². The Morgan fingerprint density at radius 3 is 2.94 bits per heavy atom. The molecule has 2 heterocycles. The van der Waals surface area contributed by atoms with Gasteiger partial charge in [-0.25, -0.2) is 4.52 Å². The summed E-state index contributed by atoms with van der Waals surface area (Å²) in [7, 11) is 0. The molecule has 1 aliphatic carbocycles. The summed E-state index contributed by atoms with van der Waals surface area (Å²) in [4.78, 5) is 4.45. The molecular formula is C13H18N4O. The number of rotatable bonds is 2. The van der Waals surface area contributed by atoms with Crippen molar-refractivity contribution in [1.82, 2.24) is 14.6 Å². The first kappa shape index (κ1) is 11.5. The second kappa shape index (κ2) is 3.68. The van der Waals surface area contributed by atoms with Crippen LogP contribution in [0, 0.1) is 12.3 Å². The quantitative estimate of drug-likeness (QED) is 0.845. The van der Waals surface area contributed by atoms with Crippen molar-refractivity contribution in [2.24, 2.45) is 5.41 Å². The molecule has 0 radical (unpaired) electrons. The van der Waals surface area contributed by atoms with Gasteiger partial charge in [-0.1, -0.05) is 13.8 Å². The van der Waals surface area contributed by atoms with E-state index in [-0.39, 0.29) is 17.6 Å². The van der Waals surface area contributed by atoms with E-state index in [1.54, 1.807) is 4.52 Å². The molecule has 2 N–H and O–H groups in total. The van der Waals surface area contributed by atoms with E-state index in [9.17, 15) is 5.11 Å². The summed E-state index contributed by atoms with van der Waals surface area (Å²) >= 11 is 0. The molecule has 1 saturated carbocycles. The van der Waals surface area contributed by atoms with Crippen LogP contribution in [0.25, 0.3) is 5.65 Å². The summed E-state index contributed by atoms with van der Waals surface area (Å²) in [6.45, 7) is 6.14. The molecule has 0 saturated heterocycles. The zero-order chi connectivity index (χ0) is 12.9. The summed E-state index contributed by atoms with van der Waals surface area (Å²) in [6, 6.07) is 4.23. The third kappa shape index (κ3) is 1.66. The lowest BCUT2D eigenvalue weighted by molar-refractivity contribution is -0.0512. The van der Waals surface area contributed by atoms with Gasteiger partial charge in [0.15, 0.2) is 5.65 Å². The Morgan fingerprint density at radius 1 is 1.50 bits per heavy atom. The lowest BCUT2D eigenvalue weighted by atomic mass is 9.65. The van der Waals surface area contributed by atoms with Gasteiger partial charge in [-0.2, -0.15) is 4.98 Å². The fourth-order valence-electron chi connectivity index (χ4n) is 2.35. The average Bonchev–Trinajstić information content (AvgIpc) is 2.70. The standard InChI is InChI=1S/C13H18N4O/c1-8-4-5-17-11(6-8)15-12(16-17)14-9-7-10(18)13(9,2)3/h4-6,9-10,18H,7H2,1-3H3,(H,14,16). The molecule has 0 amide bonds. The van der Waals surface area contributed by atoms with E-state index in [1.807, 2.05) is 25.3 Å². The molecule has 2 aromatic rings. The summed E-state index contributed by atoms with van der Waals surface area (Å²) in [5.74, 6) is 0.630. The lowest BCUT2D eigenvalue weighted by Crippen LogP contribution is -2.57. The summed E-state index contributed by atoms with van der Waals surface area (Å²) in [5.41, 5.74) is 1.89. The number of nitrogens with zero attached hydrogens (tertiary/aromatic N) is 3. The number of hydrogen-bond acceptors (Lipinski definition) is 4. The van der Waals surface area contributed by atoms with E-state index in [2.05, 4.69) is 29.2 Å². The number of hydrogen-bond donors (Lipinski definition) is 2. The van der Waals surface area contributed by atoms with Gasteiger partial charge in [-0.3, -0.25) is 0 Å². The van der Waals surface area contributed by atoms with Crippen LogP contribution in [0.3, 0.4) is 0 Å². The second-order valence-corrected chi connectivity index (χ2v) is 5.71. The number of anilines is 1. The SMILES string of the molecule is Cc1ccn2nc(NC3CC(O)C3(C)C)nc2c1. The molecule has 0 spiro atoms. The summed E-state index contributed by atoms with van der Waals surface area (Å²) in [6.07, 6.45) is 2.42. The van der Waals surface area contributed by atoms with E-state index >= 15 is 0 Å². The Bertz CT molecular complexity index is 590. The molecule has 3 rings (SSSR count). The molecule has 2 unspecified atom stereocenters. The first-order valence-corrected chi connectivity index (χ1v) is 6.24. The molecule has 1 aliphatic rings. The molecule has 0 aliphatic heterocycles. The molecular weight excluding hydrogens is 228 g/mol. The van der Waals surface area contributed by atoms with E-state index in [0.717, 1.165) is 12.1 Å². The van der Waals surface area contributed by atoms with Crippen molar-refractivity contribution in [3.05, 3.63) is 23.9 Å². The lowest BCUT2D eigenvalue weighted by Gasteiger charge is -2.49. The Kier molecular flexibility index (Phi) is 2.35. The number of aromatic nitrogens is 3. The summed E-state index contributed by atoms with van der Waals surface area (Å²) in [5, 5.41) is 17.4. The van der Waals surface area contributed by atoms with Crippen LogP contribution in [0.2, 0.25) is 0 Å². The molecule has 5 heteroatoms. The normalized spacial score (nSPS) is 26.0. The largest absolute Gasteiger partial charge is 0.392 e. The number of fused-ring (bicyclic) bond motifs is 1. The molecule has 2 aromatic heterocycles. The molecule has 5 nitrogen and oxygen atoms in total. The predicted octanol–water partition coefficient (Wildman–Crippen LogP) is 1.61. The van der Waals surface area contributed by atoms with Gasteiger partial charge in [-0.05, 0) is 31.0 Å². The van der Waals surface area contributed by atoms with Gasteiger partial charge >= 0.3 is 0 Å². The smallest absolute Gasteiger partial charge is 0.243 e. The van der Waals surface area contributed by atoms with Gasteiger partial charge < -0.3 is 10.4 Å². The zero-order valence-corrected chi connectivity index (χ0v) is 10.9. The van der Waals surface area contributed by atoms with Crippen molar-refractivity contribution in [2.75, 3.05) is 5.32 Å². The molecule has 96 valence electrons. The van der Waals surface area contributed by atoms with Crippen LogP contribution in [0.4, 0.5) is 5.95 Å². The highest BCUT2D eigenvalue weighted by Crippen LogP contribution is 2.41. The fraction of sp³-hybridized carbons (Fsp3) is 0.538. The molecule has 18 heavy (non-hydrogen) atoms. The van der Waals surface area contributed by atoms with Gasteiger partial charge in [0.1, 0.15) is 0 Å². The highest BCUT2D eigenvalue weighted by Gasteiger charge is 2.47. The first-order chi connectivity index (χ1) is 8.46. The van der Waals surface area contributed by atoms with Crippen molar-refractivity contribution in [3.63, 3.8) is 0 Å².